The van der Waals surface area contributed by atoms with Crippen LogP contribution in [0.4, 0.5) is 5.69 Å². The lowest BCUT2D eigenvalue weighted by Gasteiger charge is -2.10. The SMILES string of the molecule is COc1ccccc1NC(=S)N/N=C\c1ccccc1. The van der Waals surface area contributed by atoms with E-state index in [2.05, 4.69) is 15.8 Å². The van der Waals surface area contributed by atoms with Crippen molar-refractivity contribution >= 4 is 29.2 Å². The van der Waals surface area contributed by atoms with E-state index in [9.17, 15) is 0 Å². The minimum absolute atomic E-state index is 0.404. The molecule has 0 saturated carbocycles. The summed E-state index contributed by atoms with van der Waals surface area (Å²) < 4.78 is 5.23. The van der Waals surface area contributed by atoms with Gasteiger partial charge in [-0.15, -0.1) is 0 Å². The molecular formula is C15H15N3OS. The van der Waals surface area contributed by atoms with Gasteiger partial charge >= 0.3 is 0 Å². The van der Waals surface area contributed by atoms with Gasteiger partial charge in [0.25, 0.3) is 0 Å². The highest BCUT2D eigenvalue weighted by Gasteiger charge is 2.02. The summed E-state index contributed by atoms with van der Waals surface area (Å²) in [5.74, 6) is 0.726. The fraction of sp³-hybridized carbons (Fsp3) is 0.0667. The Balaban J connectivity index is 1.91. The molecule has 0 unspecified atom stereocenters. The van der Waals surface area contributed by atoms with Crippen molar-refractivity contribution in [3.63, 3.8) is 0 Å². The first-order valence-corrected chi connectivity index (χ1v) is 6.48. The summed E-state index contributed by atoms with van der Waals surface area (Å²) in [6.07, 6.45) is 1.70. The summed E-state index contributed by atoms with van der Waals surface area (Å²) in [6.45, 7) is 0. The molecule has 0 atom stereocenters. The van der Waals surface area contributed by atoms with Gasteiger partial charge in [0, 0.05) is 0 Å². The average Bonchev–Trinajstić information content (AvgIpc) is 2.49. The first kappa shape index (κ1) is 14.0. The molecule has 0 aliphatic heterocycles. The number of rotatable bonds is 4. The van der Waals surface area contributed by atoms with Crippen LogP contribution in [-0.2, 0) is 0 Å². The number of anilines is 1. The van der Waals surface area contributed by atoms with Crippen LogP contribution in [-0.4, -0.2) is 18.4 Å². The van der Waals surface area contributed by atoms with Crippen LogP contribution in [0.1, 0.15) is 5.56 Å². The summed E-state index contributed by atoms with van der Waals surface area (Å²) in [7, 11) is 1.62. The summed E-state index contributed by atoms with van der Waals surface area (Å²) in [6, 6.07) is 17.3. The van der Waals surface area contributed by atoms with Crippen molar-refractivity contribution < 1.29 is 4.74 Å². The molecule has 0 aromatic heterocycles. The number of hydrogen-bond donors (Lipinski definition) is 2. The third-order valence-electron chi connectivity index (χ3n) is 2.53. The number of benzene rings is 2. The minimum atomic E-state index is 0.404. The maximum Gasteiger partial charge on any atom is 0.191 e. The number of methoxy groups -OCH3 is 1. The number of hydrogen-bond acceptors (Lipinski definition) is 3. The van der Waals surface area contributed by atoms with E-state index in [1.807, 2.05) is 54.6 Å². The van der Waals surface area contributed by atoms with Crippen molar-refractivity contribution in [2.24, 2.45) is 5.10 Å². The predicted molar refractivity (Wildman–Crippen MR) is 86.4 cm³/mol. The van der Waals surface area contributed by atoms with Crippen LogP contribution in [0.2, 0.25) is 0 Å². The number of para-hydroxylation sites is 2. The Morgan fingerprint density at radius 2 is 1.80 bits per heavy atom. The maximum absolute atomic E-state index is 5.23. The maximum atomic E-state index is 5.23. The number of nitrogens with zero attached hydrogens (tertiary/aromatic N) is 1. The average molecular weight is 285 g/mol. The van der Waals surface area contributed by atoms with E-state index >= 15 is 0 Å². The largest absolute Gasteiger partial charge is 0.495 e. The molecule has 5 heteroatoms. The Labute approximate surface area is 123 Å². The van der Waals surface area contributed by atoms with E-state index in [4.69, 9.17) is 17.0 Å². The number of hydrazone groups is 1. The van der Waals surface area contributed by atoms with Gasteiger partial charge in [-0.2, -0.15) is 5.10 Å². The van der Waals surface area contributed by atoms with Gasteiger partial charge in [-0.25, -0.2) is 0 Å². The quantitative estimate of drug-likeness (QED) is 0.515. The molecule has 20 heavy (non-hydrogen) atoms. The van der Waals surface area contributed by atoms with Gasteiger partial charge in [0.2, 0.25) is 0 Å². The first-order chi connectivity index (χ1) is 9.79. The topological polar surface area (TPSA) is 45.6 Å². The molecule has 2 aromatic carbocycles. The third-order valence-corrected chi connectivity index (χ3v) is 2.73. The van der Waals surface area contributed by atoms with Gasteiger partial charge < -0.3 is 10.1 Å². The Morgan fingerprint density at radius 3 is 2.55 bits per heavy atom. The molecular weight excluding hydrogens is 270 g/mol. The van der Waals surface area contributed by atoms with E-state index < -0.39 is 0 Å². The van der Waals surface area contributed by atoms with Crippen molar-refractivity contribution in [1.29, 1.82) is 0 Å². The van der Waals surface area contributed by atoms with Crippen molar-refractivity contribution in [2.45, 2.75) is 0 Å². The lowest BCUT2D eigenvalue weighted by molar-refractivity contribution is 0.417. The molecule has 102 valence electrons. The highest BCUT2D eigenvalue weighted by atomic mass is 32.1. The van der Waals surface area contributed by atoms with Crippen LogP contribution in [0, 0.1) is 0 Å². The molecule has 2 N–H and O–H groups in total. The molecule has 2 rings (SSSR count). The Bertz CT molecular complexity index is 599. The Kier molecular flexibility index (Phi) is 5.08. The summed E-state index contributed by atoms with van der Waals surface area (Å²) >= 11 is 5.17. The fourth-order valence-corrected chi connectivity index (χ4v) is 1.77. The standard InChI is InChI=1S/C15H15N3OS/c1-19-14-10-6-5-9-13(14)17-15(20)18-16-11-12-7-3-2-4-8-12/h2-11H,1H3,(H2,17,18,20)/b16-11-. The first-order valence-electron chi connectivity index (χ1n) is 6.08. The number of ether oxygens (including phenoxy) is 1. The van der Waals surface area contributed by atoms with E-state index in [0.717, 1.165) is 17.0 Å². The van der Waals surface area contributed by atoms with Gasteiger partial charge in [0.05, 0.1) is 19.0 Å². The molecule has 0 fully saturated rings. The smallest absolute Gasteiger partial charge is 0.191 e. The summed E-state index contributed by atoms with van der Waals surface area (Å²) in [4.78, 5) is 0. The molecule has 0 aliphatic rings. The molecule has 0 radical (unpaired) electrons. The second kappa shape index (κ2) is 7.25. The van der Waals surface area contributed by atoms with Gasteiger partial charge in [-0.1, -0.05) is 42.5 Å². The molecule has 0 spiro atoms. The summed E-state index contributed by atoms with van der Waals surface area (Å²) in [5.41, 5.74) is 4.56. The van der Waals surface area contributed by atoms with Crippen molar-refractivity contribution in [3.05, 3.63) is 60.2 Å². The van der Waals surface area contributed by atoms with Crippen molar-refractivity contribution in [2.75, 3.05) is 12.4 Å². The zero-order valence-corrected chi connectivity index (χ0v) is 11.9. The van der Waals surface area contributed by atoms with E-state index in [1.54, 1.807) is 13.3 Å². The van der Waals surface area contributed by atoms with Gasteiger partial charge in [0.1, 0.15) is 5.75 Å². The second-order valence-electron chi connectivity index (χ2n) is 3.94. The van der Waals surface area contributed by atoms with Crippen LogP contribution in [0.3, 0.4) is 0 Å². The van der Waals surface area contributed by atoms with Crippen LogP contribution >= 0.6 is 12.2 Å². The lowest BCUT2D eigenvalue weighted by Crippen LogP contribution is -2.24. The van der Waals surface area contributed by atoms with Crippen LogP contribution in [0.25, 0.3) is 0 Å². The number of nitrogens with one attached hydrogen (secondary N) is 2. The predicted octanol–water partition coefficient (Wildman–Crippen LogP) is 3.02. The monoisotopic (exact) mass is 285 g/mol. The molecule has 4 nitrogen and oxygen atoms in total. The van der Waals surface area contributed by atoms with E-state index in [1.165, 1.54) is 0 Å². The van der Waals surface area contributed by atoms with Gasteiger partial charge in [-0.05, 0) is 29.9 Å². The third kappa shape index (κ3) is 4.07. The van der Waals surface area contributed by atoms with Gasteiger partial charge in [-0.3, -0.25) is 5.43 Å². The highest BCUT2D eigenvalue weighted by molar-refractivity contribution is 7.80. The zero-order valence-electron chi connectivity index (χ0n) is 11.0. The van der Waals surface area contributed by atoms with Crippen LogP contribution in [0.5, 0.6) is 5.75 Å². The molecule has 0 saturated heterocycles. The normalized spacial score (nSPS) is 10.2. The second-order valence-corrected chi connectivity index (χ2v) is 4.34. The Morgan fingerprint density at radius 1 is 1.10 bits per heavy atom. The Hall–Kier alpha value is -2.40. The molecule has 0 heterocycles. The lowest BCUT2D eigenvalue weighted by atomic mass is 10.2. The minimum Gasteiger partial charge on any atom is -0.495 e. The van der Waals surface area contributed by atoms with E-state index in [0.29, 0.717) is 5.11 Å². The highest BCUT2D eigenvalue weighted by Crippen LogP contribution is 2.22. The van der Waals surface area contributed by atoms with Gasteiger partial charge in [0.15, 0.2) is 5.11 Å². The van der Waals surface area contributed by atoms with E-state index in [-0.39, 0.29) is 0 Å². The summed E-state index contributed by atoms with van der Waals surface area (Å²) in [5, 5.41) is 7.51. The van der Waals surface area contributed by atoms with Crippen LogP contribution < -0.4 is 15.5 Å². The molecule has 0 aliphatic carbocycles. The molecule has 2 aromatic rings. The van der Waals surface area contributed by atoms with Crippen LogP contribution in [0.15, 0.2) is 59.7 Å². The molecule has 0 bridgehead atoms. The molecule has 0 amide bonds. The zero-order chi connectivity index (χ0) is 14.2. The van der Waals surface area contributed by atoms with Crippen molar-refractivity contribution in [3.8, 4) is 5.75 Å². The van der Waals surface area contributed by atoms with Crippen molar-refractivity contribution in [1.82, 2.24) is 5.43 Å². The number of thiocarbonyl (C=S) groups is 1. The fourth-order valence-electron chi connectivity index (χ4n) is 1.60.